The molecule has 0 aliphatic heterocycles. The molecule has 9 heteroatoms. The van der Waals surface area contributed by atoms with Gasteiger partial charge in [-0.25, -0.2) is 17.8 Å². The van der Waals surface area contributed by atoms with Crippen molar-refractivity contribution in [3.8, 4) is 5.69 Å². The summed E-state index contributed by atoms with van der Waals surface area (Å²) in [5.41, 5.74) is 3.22. The number of hydrogen-bond acceptors (Lipinski definition) is 4. The van der Waals surface area contributed by atoms with Crippen LogP contribution >= 0.6 is 23.2 Å². The first-order valence-corrected chi connectivity index (χ1v) is 10.8. The highest BCUT2D eigenvalue weighted by Crippen LogP contribution is 2.27. The van der Waals surface area contributed by atoms with Crippen molar-refractivity contribution >= 4 is 33.2 Å². The molecule has 0 bridgehead atoms. The first-order valence-electron chi connectivity index (χ1n) is 8.55. The van der Waals surface area contributed by atoms with Crippen LogP contribution in [0.15, 0.2) is 53.4 Å². The highest BCUT2D eigenvalue weighted by atomic mass is 35.5. The van der Waals surface area contributed by atoms with Crippen LogP contribution in [0.5, 0.6) is 0 Å². The van der Waals surface area contributed by atoms with Gasteiger partial charge in [-0.2, -0.15) is 5.10 Å². The average Bonchev–Trinajstić information content (AvgIpc) is 2.96. The van der Waals surface area contributed by atoms with Gasteiger partial charge in [0.25, 0.3) is 0 Å². The average molecular weight is 439 g/mol. The smallest absolute Gasteiger partial charge is 0.240 e. The molecule has 1 aromatic heterocycles. The standard InChI is InChI=1S/C19H20Cl2N4O2S/c1-13-16(19(21)25(24-13)18-9-4-3-8-17(18)20)12-23-11-14-6-5-7-15(10-14)28(26,27)22-2/h3-10,22-23H,11-12H2,1-2H3. The van der Waals surface area contributed by atoms with Crippen molar-refractivity contribution in [1.29, 1.82) is 0 Å². The number of benzene rings is 2. The summed E-state index contributed by atoms with van der Waals surface area (Å²) in [6.45, 7) is 2.86. The van der Waals surface area contributed by atoms with Gasteiger partial charge in [-0.1, -0.05) is 47.5 Å². The van der Waals surface area contributed by atoms with Gasteiger partial charge in [0.05, 0.1) is 21.3 Å². The largest absolute Gasteiger partial charge is 0.308 e. The van der Waals surface area contributed by atoms with E-state index in [2.05, 4.69) is 15.1 Å². The normalized spacial score (nSPS) is 11.7. The SMILES string of the molecule is CNS(=O)(=O)c1cccc(CNCc2c(C)nn(-c3ccccc3Cl)c2Cl)c1. The molecule has 28 heavy (non-hydrogen) atoms. The molecule has 0 saturated carbocycles. The maximum atomic E-state index is 11.9. The third kappa shape index (κ3) is 4.39. The Morgan fingerprint density at radius 3 is 2.54 bits per heavy atom. The van der Waals surface area contributed by atoms with E-state index < -0.39 is 10.0 Å². The van der Waals surface area contributed by atoms with Crippen LogP contribution in [0.25, 0.3) is 5.69 Å². The van der Waals surface area contributed by atoms with E-state index in [4.69, 9.17) is 23.2 Å². The summed E-state index contributed by atoms with van der Waals surface area (Å²) in [7, 11) is -2.08. The van der Waals surface area contributed by atoms with Crippen molar-refractivity contribution in [1.82, 2.24) is 19.8 Å². The molecule has 148 valence electrons. The number of rotatable bonds is 7. The molecule has 0 amide bonds. The molecule has 2 N–H and O–H groups in total. The minimum Gasteiger partial charge on any atom is -0.308 e. The molecule has 0 spiro atoms. The topological polar surface area (TPSA) is 76.0 Å². The lowest BCUT2D eigenvalue weighted by Gasteiger charge is -2.08. The van der Waals surface area contributed by atoms with Crippen molar-refractivity contribution in [3.63, 3.8) is 0 Å². The molecule has 0 atom stereocenters. The Balaban J connectivity index is 1.75. The minimum absolute atomic E-state index is 0.232. The second-order valence-electron chi connectivity index (χ2n) is 6.18. The van der Waals surface area contributed by atoms with Gasteiger partial charge in [-0.05, 0) is 43.8 Å². The minimum atomic E-state index is -3.47. The summed E-state index contributed by atoms with van der Waals surface area (Å²) in [5, 5.41) is 8.84. The van der Waals surface area contributed by atoms with Crippen LogP contribution in [0.2, 0.25) is 10.2 Å². The Bertz CT molecular complexity index is 1100. The number of para-hydroxylation sites is 1. The molecular weight excluding hydrogens is 419 g/mol. The van der Waals surface area contributed by atoms with E-state index in [1.807, 2.05) is 31.2 Å². The molecule has 0 radical (unpaired) electrons. The molecule has 1 heterocycles. The number of sulfonamides is 1. The molecular formula is C19H20Cl2N4O2S. The first-order chi connectivity index (χ1) is 13.3. The van der Waals surface area contributed by atoms with Crippen molar-refractivity contribution in [2.45, 2.75) is 24.9 Å². The van der Waals surface area contributed by atoms with Gasteiger partial charge in [0.15, 0.2) is 0 Å². The summed E-state index contributed by atoms with van der Waals surface area (Å²) in [6.07, 6.45) is 0. The number of aryl methyl sites for hydroxylation is 1. The van der Waals surface area contributed by atoms with Crippen molar-refractivity contribution in [2.24, 2.45) is 0 Å². The van der Waals surface area contributed by atoms with Gasteiger partial charge >= 0.3 is 0 Å². The lowest BCUT2D eigenvalue weighted by atomic mass is 10.2. The van der Waals surface area contributed by atoms with Gasteiger partial charge < -0.3 is 5.32 Å². The number of halogens is 2. The van der Waals surface area contributed by atoms with Crippen LogP contribution < -0.4 is 10.0 Å². The first kappa shape index (κ1) is 20.8. The maximum absolute atomic E-state index is 11.9. The number of hydrogen-bond donors (Lipinski definition) is 2. The van der Waals surface area contributed by atoms with Gasteiger partial charge in [0, 0.05) is 18.7 Å². The zero-order valence-corrected chi connectivity index (χ0v) is 17.7. The van der Waals surface area contributed by atoms with Gasteiger partial charge in [0.1, 0.15) is 5.15 Å². The van der Waals surface area contributed by atoms with Crippen molar-refractivity contribution in [2.75, 3.05) is 7.05 Å². The summed E-state index contributed by atoms with van der Waals surface area (Å²) in [5.74, 6) is 0. The zero-order chi connectivity index (χ0) is 20.3. The Morgan fingerprint density at radius 1 is 1.07 bits per heavy atom. The van der Waals surface area contributed by atoms with Crippen molar-refractivity contribution in [3.05, 3.63) is 75.5 Å². The van der Waals surface area contributed by atoms with Gasteiger partial charge in [0.2, 0.25) is 10.0 Å². The molecule has 2 aromatic carbocycles. The predicted octanol–water partition coefficient (Wildman–Crippen LogP) is 3.69. The highest BCUT2D eigenvalue weighted by Gasteiger charge is 2.16. The third-order valence-electron chi connectivity index (χ3n) is 4.31. The van der Waals surface area contributed by atoms with Crippen LogP contribution in [0.1, 0.15) is 16.8 Å². The lowest BCUT2D eigenvalue weighted by molar-refractivity contribution is 0.588. The van der Waals surface area contributed by atoms with Gasteiger partial charge in [-0.15, -0.1) is 0 Å². The van der Waals surface area contributed by atoms with E-state index in [0.29, 0.717) is 29.0 Å². The number of nitrogens with one attached hydrogen (secondary N) is 2. The molecule has 0 unspecified atom stereocenters. The number of nitrogens with zero attached hydrogens (tertiary/aromatic N) is 2. The second-order valence-corrected chi connectivity index (χ2v) is 8.83. The monoisotopic (exact) mass is 438 g/mol. The fourth-order valence-corrected chi connectivity index (χ4v) is 4.14. The molecule has 0 fully saturated rings. The van der Waals surface area contributed by atoms with Crippen LogP contribution in [0, 0.1) is 6.92 Å². The van der Waals surface area contributed by atoms with E-state index in [0.717, 1.165) is 16.8 Å². The molecule has 3 rings (SSSR count). The van der Waals surface area contributed by atoms with E-state index in [-0.39, 0.29) is 4.90 Å². The van der Waals surface area contributed by atoms with Crippen LogP contribution in [-0.4, -0.2) is 25.2 Å². The molecule has 0 aliphatic rings. The zero-order valence-electron chi connectivity index (χ0n) is 15.4. The van der Waals surface area contributed by atoms with Gasteiger partial charge in [-0.3, -0.25) is 0 Å². The molecule has 0 saturated heterocycles. The lowest BCUT2D eigenvalue weighted by Crippen LogP contribution is -2.19. The Kier molecular flexibility index (Phi) is 6.42. The Morgan fingerprint density at radius 2 is 1.82 bits per heavy atom. The molecule has 6 nitrogen and oxygen atoms in total. The molecule has 0 aliphatic carbocycles. The Hall–Kier alpha value is -1.90. The van der Waals surface area contributed by atoms with E-state index >= 15 is 0 Å². The van der Waals surface area contributed by atoms with E-state index in [1.54, 1.807) is 28.9 Å². The quantitative estimate of drug-likeness (QED) is 0.589. The maximum Gasteiger partial charge on any atom is 0.240 e. The van der Waals surface area contributed by atoms with Crippen molar-refractivity contribution < 1.29 is 8.42 Å². The second kappa shape index (κ2) is 8.63. The van der Waals surface area contributed by atoms with Crippen LogP contribution in [-0.2, 0) is 23.1 Å². The summed E-state index contributed by atoms with van der Waals surface area (Å²) in [6, 6.07) is 14.1. The van der Waals surface area contributed by atoms with E-state index in [9.17, 15) is 8.42 Å². The highest BCUT2D eigenvalue weighted by molar-refractivity contribution is 7.89. The fourth-order valence-electron chi connectivity index (χ4n) is 2.79. The summed E-state index contributed by atoms with van der Waals surface area (Å²) < 4.78 is 27.8. The fraction of sp³-hybridized carbons (Fsp3) is 0.211. The van der Waals surface area contributed by atoms with E-state index in [1.165, 1.54) is 7.05 Å². The number of aromatic nitrogens is 2. The third-order valence-corrected chi connectivity index (χ3v) is 6.43. The predicted molar refractivity (Wildman–Crippen MR) is 112 cm³/mol. The van der Waals surface area contributed by atoms with Crippen LogP contribution in [0.4, 0.5) is 0 Å². The summed E-state index contributed by atoms with van der Waals surface area (Å²) in [4.78, 5) is 0.232. The molecule has 3 aromatic rings. The summed E-state index contributed by atoms with van der Waals surface area (Å²) >= 11 is 12.8. The van der Waals surface area contributed by atoms with Crippen LogP contribution in [0.3, 0.4) is 0 Å². The Labute approximate surface area is 174 Å².